The van der Waals surface area contributed by atoms with Gasteiger partial charge in [0.15, 0.2) is 5.75 Å². The molecule has 0 aromatic carbocycles. The minimum atomic E-state index is -0.512. The molecule has 1 aromatic heterocycles. The lowest BCUT2D eigenvalue weighted by Gasteiger charge is -2.00. The zero-order valence-corrected chi connectivity index (χ0v) is 7.01. The first-order chi connectivity index (χ1) is 5.59. The largest absolute Gasteiger partial charge is 0.425 e. The number of pyridine rings is 1. The average Bonchev–Trinajstić information content (AvgIpc) is 1.96. The zero-order chi connectivity index (χ0) is 9.14. The van der Waals surface area contributed by atoms with E-state index in [0.29, 0.717) is 0 Å². The van der Waals surface area contributed by atoms with E-state index in [1.165, 1.54) is 13.1 Å². The summed E-state index contributed by atoms with van der Waals surface area (Å²) >= 11 is 5.59. The summed E-state index contributed by atoms with van der Waals surface area (Å²) in [6.45, 7) is 1.23. The Bertz CT molecular complexity index is 358. The highest BCUT2D eigenvalue weighted by Crippen LogP contribution is 2.20. The molecule has 0 aliphatic rings. The van der Waals surface area contributed by atoms with Crippen molar-refractivity contribution in [2.24, 2.45) is 0 Å². The van der Waals surface area contributed by atoms with Crippen molar-refractivity contribution in [1.29, 1.82) is 0 Å². The third kappa shape index (κ3) is 2.10. The minimum absolute atomic E-state index is 0.0768. The van der Waals surface area contributed by atoms with E-state index < -0.39 is 5.97 Å². The number of halogens is 1. The number of hydrogen-bond donors (Lipinski definition) is 1. The monoisotopic (exact) mass is 187 g/mol. The van der Waals surface area contributed by atoms with Crippen molar-refractivity contribution in [2.45, 2.75) is 6.92 Å². The molecule has 4 nitrogen and oxygen atoms in total. The molecule has 1 aromatic rings. The normalized spacial score (nSPS) is 9.50. The van der Waals surface area contributed by atoms with E-state index in [1.807, 2.05) is 0 Å². The van der Waals surface area contributed by atoms with Gasteiger partial charge < -0.3 is 9.72 Å². The molecule has 64 valence electrons. The predicted molar refractivity (Wildman–Crippen MR) is 43.4 cm³/mol. The molecule has 1 rings (SSSR count). The van der Waals surface area contributed by atoms with Crippen LogP contribution in [-0.4, -0.2) is 11.0 Å². The fourth-order valence-electron chi connectivity index (χ4n) is 0.668. The number of carbonyl (C=O) groups excluding carboxylic acids is 1. The first-order valence-corrected chi connectivity index (χ1v) is 3.54. The molecule has 0 amide bonds. The standard InChI is InChI=1S/C7H6ClNO3/c1-4(10)12-6-2-7(11)9-3-5(6)8/h2-3H,1H3,(H,9,11). The van der Waals surface area contributed by atoms with Gasteiger partial charge in [-0.2, -0.15) is 0 Å². The maximum atomic E-state index is 10.7. The topological polar surface area (TPSA) is 59.2 Å². The quantitative estimate of drug-likeness (QED) is 0.666. The zero-order valence-electron chi connectivity index (χ0n) is 6.26. The van der Waals surface area contributed by atoms with Crippen LogP contribution in [0.5, 0.6) is 5.75 Å². The summed E-state index contributed by atoms with van der Waals surface area (Å²) < 4.78 is 4.63. The predicted octanol–water partition coefficient (Wildman–Crippen LogP) is 0.954. The lowest BCUT2D eigenvalue weighted by atomic mass is 10.4. The van der Waals surface area contributed by atoms with Gasteiger partial charge in [-0.25, -0.2) is 0 Å². The van der Waals surface area contributed by atoms with Crippen molar-refractivity contribution in [1.82, 2.24) is 4.98 Å². The summed E-state index contributed by atoms with van der Waals surface area (Å²) in [6, 6.07) is 1.11. The lowest BCUT2D eigenvalue weighted by molar-refractivity contribution is -0.131. The fourth-order valence-corrected chi connectivity index (χ4v) is 0.816. The van der Waals surface area contributed by atoms with Gasteiger partial charge in [-0.3, -0.25) is 9.59 Å². The third-order valence-corrected chi connectivity index (χ3v) is 1.39. The summed E-state index contributed by atoms with van der Waals surface area (Å²) in [6.07, 6.45) is 1.27. The van der Waals surface area contributed by atoms with Crippen molar-refractivity contribution in [3.8, 4) is 5.75 Å². The molecule has 0 saturated carbocycles. The van der Waals surface area contributed by atoms with Crippen LogP contribution in [0.1, 0.15) is 6.92 Å². The molecule has 12 heavy (non-hydrogen) atoms. The Labute approximate surface area is 73.1 Å². The van der Waals surface area contributed by atoms with Crippen LogP contribution < -0.4 is 10.3 Å². The third-order valence-electron chi connectivity index (χ3n) is 1.09. The smallest absolute Gasteiger partial charge is 0.308 e. The molecule has 0 aliphatic heterocycles. The molecule has 5 heteroatoms. The van der Waals surface area contributed by atoms with Gasteiger partial charge in [-0.05, 0) is 0 Å². The Morgan fingerprint density at radius 3 is 2.92 bits per heavy atom. The number of nitrogens with one attached hydrogen (secondary N) is 1. The molecule has 0 bridgehead atoms. The van der Waals surface area contributed by atoms with Gasteiger partial charge >= 0.3 is 5.97 Å². The Morgan fingerprint density at radius 1 is 1.67 bits per heavy atom. The summed E-state index contributed by atoms with van der Waals surface area (Å²) in [5.74, 6) is -0.435. The summed E-state index contributed by atoms with van der Waals surface area (Å²) in [7, 11) is 0. The Balaban J connectivity index is 3.05. The van der Waals surface area contributed by atoms with E-state index in [-0.39, 0.29) is 16.3 Å². The van der Waals surface area contributed by atoms with Crippen LogP contribution in [0.4, 0.5) is 0 Å². The van der Waals surface area contributed by atoms with Crippen LogP contribution in [0.15, 0.2) is 17.1 Å². The molecular weight excluding hydrogens is 182 g/mol. The Kier molecular flexibility index (Phi) is 2.50. The first kappa shape index (κ1) is 8.80. The number of aromatic amines is 1. The second-order valence-electron chi connectivity index (χ2n) is 2.10. The van der Waals surface area contributed by atoms with E-state index in [9.17, 15) is 9.59 Å². The fraction of sp³-hybridized carbons (Fsp3) is 0.143. The number of ether oxygens (including phenoxy) is 1. The highest BCUT2D eigenvalue weighted by Gasteiger charge is 2.03. The van der Waals surface area contributed by atoms with Crippen molar-refractivity contribution < 1.29 is 9.53 Å². The molecule has 0 aliphatic carbocycles. The number of esters is 1. The van der Waals surface area contributed by atoms with Crippen LogP contribution in [0.25, 0.3) is 0 Å². The SMILES string of the molecule is CC(=O)Oc1cc(=O)[nH]cc1Cl. The van der Waals surface area contributed by atoms with Gasteiger partial charge in [-0.1, -0.05) is 11.6 Å². The number of hydrogen-bond acceptors (Lipinski definition) is 3. The molecule has 0 unspecified atom stereocenters. The number of aromatic nitrogens is 1. The van der Waals surface area contributed by atoms with Gasteiger partial charge in [0.25, 0.3) is 5.56 Å². The molecular formula is C7H6ClNO3. The van der Waals surface area contributed by atoms with E-state index in [2.05, 4.69) is 9.72 Å². The second kappa shape index (κ2) is 3.40. The van der Waals surface area contributed by atoms with Gasteiger partial charge in [0.05, 0.1) is 5.02 Å². The highest BCUT2D eigenvalue weighted by molar-refractivity contribution is 6.32. The molecule has 0 saturated heterocycles. The summed E-state index contributed by atoms with van der Waals surface area (Å²) in [5.41, 5.74) is -0.365. The van der Waals surface area contributed by atoms with Crippen LogP contribution in [-0.2, 0) is 4.79 Å². The van der Waals surface area contributed by atoms with E-state index in [0.717, 1.165) is 6.07 Å². The van der Waals surface area contributed by atoms with Crippen molar-refractivity contribution in [2.75, 3.05) is 0 Å². The Morgan fingerprint density at radius 2 is 2.33 bits per heavy atom. The maximum absolute atomic E-state index is 10.7. The number of H-pyrrole nitrogens is 1. The highest BCUT2D eigenvalue weighted by atomic mass is 35.5. The summed E-state index contributed by atoms with van der Waals surface area (Å²) in [4.78, 5) is 23.5. The Hall–Kier alpha value is -1.29. The molecule has 0 atom stereocenters. The van der Waals surface area contributed by atoms with E-state index in [1.54, 1.807) is 0 Å². The molecule has 0 fully saturated rings. The molecule has 1 heterocycles. The number of rotatable bonds is 1. The van der Waals surface area contributed by atoms with Gasteiger partial charge in [0.2, 0.25) is 0 Å². The van der Waals surface area contributed by atoms with Crippen molar-refractivity contribution in [3.05, 3.63) is 27.6 Å². The number of carbonyl (C=O) groups is 1. The van der Waals surface area contributed by atoms with Crippen LogP contribution >= 0.6 is 11.6 Å². The van der Waals surface area contributed by atoms with Crippen LogP contribution in [0.3, 0.4) is 0 Å². The van der Waals surface area contributed by atoms with Crippen molar-refractivity contribution >= 4 is 17.6 Å². The maximum Gasteiger partial charge on any atom is 0.308 e. The molecule has 0 spiro atoms. The van der Waals surface area contributed by atoms with Gasteiger partial charge in [0, 0.05) is 19.2 Å². The lowest BCUT2D eigenvalue weighted by Crippen LogP contribution is -2.08. The molecule has 1 N–H and O–H groups in total. The first-order valence-electron chi connectivity index (χ1n) is 3.16. The average molecular weight is 188 g/mol. The van der Waals surface area contributed by atoms with Gasteiger partial charge in [-0.15, -0.1) is 0 Å². The second-order valence-corrected chi connectivity index (χ2v) is 2.51. The van der Waals surface area contributed by atoms with Crippen LogP contribution in [0, 0.1) is 0 Å². The van der Waals surface area contributed by atoms with E-state index >= 15 is 0 Å². The minimum Gasteiger partial charge on any atom is -0.425 e. The molecule has 0 radical (unpaired) electrons. The summed E-state index contributed by atoms with van der Waals surface area (Å²) in [5, 5.41) is 0.199. The van der Waals surface area contributed by atoms with Crippen molar-refractivity contribution in [3.63, 3.8) is 0 Å². The van der Waals surface area contributed by atoms with Gasteiger partial charge in [0.1, 0.15) is 0 Å². The van der Waals surface area contributed by atoms with E-state index in [4.69, 9.17) is 11.6 Å². The van der Waals surface area contributed by atoms with Crippen LogP contribution in [0.2, 0.25) is 5.02 Å².